The molecule has 0 radical (unpaired) electrons. The Kier molecular flexibility index (Phi) is 8.67. The maximum absolute atomic E-state index is 13.7. The highest BCUT2D eigenvalue weighted by molar-refractivity contribution is 5.95. The topological polar surface area (TPSA) is 135 Å². The lowest BCUT2D eigenvalue weighted by Crippen LogP contribution is -2.48. The molecule has 3 aromatic rings. The number of rotatable bonds is 11. The van der Waals surface area contributed by atoms with Crippen LogP contribution < -0.4 is 16.1 Å². The Morgan fingerprint density at radius 3 is 2.56 bits per heavy atom. The second-order valence-corrected chi connectivity index (χ2v) is 11.1. The first-order valence-electron chi connectivity index (χ1n) is 14.6. The summed E-state index contributed by atoms with van der Waals surface area (Å²) < 4.78 is 7.86. The minimum Gasteiger partial charge on any atom is -0.383 e. The number of hydrogen-bond donors (Lipinski definition) is 1. The van der Waals surface area contributed by atoms with E-state index in [2.05, 4.69) is 15.0 Å². The normalized spacial score (nSPS) is 16.7. The van der Waals surface area contributed by atoms with Gasteiger partial charge < -0.3 is 14.6 Å². The third kappa shape index (κ3) is 5.70. The molecule has 1 aliphatic heterocycles. The number of carbonyl (C=O) groups is 2. The Balaban J connectivity index is 1.49. The highest BCUT2D eigenvalue weighted by atomic mass is 16.5. The Labute approximate surface area is 238 Å². The number of hydrogen-bond acceptors (Lipinski definition) is 7. The van der Waals surface area contributed by atoms with Gasteiger partial charge >= 0.3 is 5.69 Å². The molecule has 1 saturated carbocycles. The number of anilines is 1. The van der Waals surface area contributed by atoms with Gasteiger partial charge in [0.2, 0.25) is 11.8 Å². The van der Waals surface area contributed by atoms with Crippen LogP contribution in [-0.4, -0.2) is 73.6 Å². The number of ether oxygens (including phenoxy) is 1. The Hall–Kier alpha value is -3.80. The van der Waals surface area contributed by atoms with Gasteiger partial charge in [-0.25, -0.2) is 14.8 Å². The van der Waals surface area contributed by atoms with Gasteiger partial charge in [-0.15, -0.1) is 0 Å². The SMILES string of the molecule is CCCn1c(=O)c2[nH]c(-c3ccc(N(C(=O)C4CCCC4)C(C)CN4CCCC4=O)nc3)nc2n(CCOC)c1=O. The number of fused-ring (bicyclic) bond motifs is 1. The molecule has 2 fully saturated rings. The largest absolute Gasteiger partial charge is 0.383 e. The van der Waals surface area contributed by atoms with Gasteiger partial charge in [-0.3, -0.25) is 28.4 Å². The maximum atomic E-state index is 13.7. The molecule has 0 aromatic carbocycles. The number of amides is 2. The summed E-state index contributed by atoms with van der Waals surface area (Å²) in [6, 6.07) is 3.36. The van der Waals surface area contributed by atoms with Crippen LogP contribution in [0.4, 0.5) is 5.82 Å². The third-order valence-corrected chi connectivity index (χ3v) is 8.13. The van der Waals surface area contributed by atoms with Crippen molar-refractivity contribution in [3.05, 3.63) is 39.2 Å². The Morgan fingerprint density at radius 2 is 1.93 bits per heavy atom. The van der Waals surface area contributed by atoms with E-state index < -0.39 is 11.2 Å². The van der Waals surface area contributed by atoms with E-state index in [-0.39, 0.29) is 41.5 Å². The van der Waals surface area contributed by atoms with E-state index in [1.54, 1.807) is 24.3 Å². The fourth-order valence-electron chi connectivity index (χ4n) is 6.00. The van der Waals surface area contributed by atoms with Gasteiger partial charge in [0.05, 0.1) is 19.2 Å². The average Bonchev–Trinajstić information content (AvgIpc) is 3.74. The number of aromatic nitrogens is 5. The molecule has 12 heteroatoms. The van der Waals surface area contributed by atoms with E-state index in [4.69, 9.17) is 4.74 Å². The van der Waals surface area contributed by atoms with Crippen molar-refractivity contribution in [3.63, 3.8) is 0 Å². The molecule has 1 atom stereocenters. The molecule has 2 aliphatic rings. The summed E-state index contributed by atoms with van der Waals surface area (Å²) in [5, 5.41) is 0. The molecule has 1 unspecified atom stereocenters. The predicted molar refractivity (Wildman–Crippen MR) is 155 cm³/mol. The summed E-state index contributed by atoms with van der Waals surface area (Å²) in [7, 11) is 1.55. The first-order chi connectivity index (χ1) is 19.8. The average molecular weight is 566 g/mol. The van der Waals surface area contributed by atoms with Gasteiger partial charge in [0, 0.05) is 50.8 Å². The van der Waals surface area contributed by atoms with Crippen LogP contribution in [0.1, 0.15) is 58.8 Å². The molecule has 2 amide bonds. The predicted octanol–water partition coefficient (Wildman–Crippen LogP) is 2.54. The summed E-state index contributed by atoms with van der Waals surface area (Å²) in [6.45, 7) is 5.91. The van der Waals surface area contributed by atoms with Crippen molar-refractivity contribution in [1.82, 2.24) is 29.0 Å². The lowest BCUT2D eigenvalue weighted by Gasteiger charge is -2.33. The zero-order valence-electron chi connectivity index (χ0n) is 24.1. The number of nitrogens with one attached hydrogen (secondary N) is 1. The van der Waals surface area contributed by atoms with Crippen LogP contribution in [-0.2, 0) is 27.4 Å². The van der Waals surface area contributed by atoms with Crippen molar-refractivity contribution in [1.29, 1.82) is 0 Å². The monoisotopic (exact) mass is 565 g/mol. The molecule has 4 heterocycles. The van der Waals surface area contributed by atoms with Gasteiger partial charge in [0.15, 0.2) is 5.65 Å². The number of imidazole rings is 1. The first-order valence-corrected chi connectivity index (χ1v) is 14.6. The van der Waals surface area contributed by atoms with Crippen molar-refractivity contribution in [2.24, 2.45) is 5.92 Å². The first kappa shape index (κ1) is 28.7. The van der Waals surface area contributed by atoms with Crippen LogP contribution in [0.3, 0.4) is 0 Å². The van der Waals surface area contributed by atoms with Crippen molar-refractivity contribution < 1.29 is 14.3 Å². The summed E-state index contributed by atoms with van der Waals surface area (Å²) in [6.07, 6.45) is 7.46. The standard InChI is InChI=1S/C29H39N7O5/c1-4-13-35-28(39)24-26(34(29(35)40)15-16-41-3)32-25(31-24)21-11-12-22(30-17-21)36(27(38)20-8-5-6-9-20)19(2)18-33-14-7-10-23(33)37/h11-12,17,19-20H,4-10,13-16,18H2,1-3H3,(H,31,32). The van der Waals surface area contributed by atoms with Gasteiger partial charge in [-0.05, 0) is 44.7 Å². The Morgan fingerprint density at radius 1 is 1.15 bits per heavy atom. The van der Waals surface area contributed by atoms with Crippen LogP contribution in [0.25, 0.3) is 22.6 Å². The van der Waals surface area contributed by atoms with Crippen molar-refractivity contribution in [3.8, 4) is 11.4 Å². The van der Waals surface area contributed by atoms with Gasteiger partial charge in [0.25, 0.3) is 5.56 Å². The maximum Gasteiger partial charge on any atom is 0.332 e. The van der Waals surface area contributed by atoms with Crippen LogP contribution in [0.2, 0.25) is 0 Å². The zero-order valence-corrected chi connectivity index (χ0v) is 24.1. The molecule has 12 nitrogen and oxygen atoms in total. The second-order valence-electron chi connectivity index (χ2n) is 11.1. The van der Waals surface area contributed by atoms with Crippen LogP contribution in [0, 0.1) is 5.92 Å². The number of carbonyl (C=O) groups excluding carboxylic acids is 2. The van der Waals surface area contributed by atoms with Gasteiger partial charge in [-0.1, -0.05) is 19.8 Å². The number of aromatic amines is 1. The minimum absolute atomic E-state index is 0.0438. The van der Waals surface area contributed by atoms with Gasteiger partial charge in [-0.2, -0.15) is 0 Å². The molecular weight excluding hydrogens is 526 g/mol. The molecule has 220 valence electrons. The molecule has 1 N–H and O–H groups in total. The molecule has 1 saturated heterocycles. The van der Waals surface area contributed by atoms with Crippen molar-refractivity contribution >= 4 is 28.8 Å². The summed E-state index contributed by atoms with van der Waals surface area (Å²) >= 11 is 0. The summed E-state index contributed by atoms with van der Waals surface area (Å²) in [4.78, 5) is 68.2. The summed E-state index contributed by atoms with van der Waals surface area (Å²) in [5.74, 6) is 1.05. The number of pyridine rings is 1. The van der Waals surface area contributed by atoms with E-state index in [0.29, 0.717) is 56.3 Å². The van der Waals surface area contributed by atoms with E-state index in [9.17, 15) is 19.2 Å². The van der Waals surface area contributed by atoms with Crippen LogP contribution in [0.15, 0.2) is 27.9 Å². The second kappa shape index (κ2) is 12.4. The molecule has 3 aromatic heterocycles. The van der Waals surface area contributed by atoms with E-state index in [1.807, 2.05) is 24.8 Å². The fraction of sp³-hybridized carbons (Fsp3) is 0.586. The molecule has 1 aliphatic carbocycles. The molecule has 41 heavy (non-hydrogen) atoms. The summed E-state index contributed by atoms with van der Waals surface area (Å²) in [5.41, 5.74) is 0.301. The number of likely N-dealkylation sites (tertiary alicyclic amines) is 1. The zero-order chi connectivity index (χ0) is 29.1. The quantitative estimate of drug-likeness (QED) is 0.377. The highest BCUT2D eigenvalue weighted by Gasteiger charge is 2.33. The van der Waals surface area contributed by atoms with E-state index in [0.717, 1.165) is 32.1 Å². The third-order valence-electron chi connectivity index (χ3n) is 8.13. The van der Waals surface area contributed by atoms with Crippen LogP contribution in [0.5, 0.6) is 0 Å². The lowest BCUT2D eigenvalue weighted by atomic mass is 10.0. The Bertz CT molecular complexity index is 1520. The highest BCUT2D eigenvalue weighted by Crippen LogP contribution is 2.30. The number of H-pyrrole nitrogens is 1. The van der Waals surface area contributed by atoms with Crippen LogP contribution >= 0.6 is 0 Å². The molecule has 5 rings (SSSR count). The van der Waals surface area contributed by atoms with E-state index in [1.165, 1.54) is 9.13 Å². The lowest BCUT2D eigenvalue weighted by molar-refractivity contribution is -0.128. The van der Waals surface area contributed by atoms with E-state index >= 15 is 0 Å². The molecule has 0 spiro atoms. The fourth-order valence-corrected chi connectivity index (χ4v) is 6.00. The van der Waals surface area contributed by atoms with Crippen molar-refractivity contribution in [2.45, 2.75) is 77.9 Å². The number of nitrogens with zero attached hydrogens (tertiary/aromatic N) is 6. The number of methoxy groups -OCH3 is 1. The smallest absolute Gasteiger partial charge is 0.332 e. The minimum atomic E-state index is -0.417. The van der Waals surface area contributed by atoms with Crippen molar-refractivity contribution in [2.75, 3.05) is 31.7 Å². The van der Waals surface area contributed by atoms with Gasteiger partial charge in [0.1, 0.15) is 17.2 Å². The molecule has 0 bridgehead atoms. The molecular formula is C29H39N7O5.